The van der Waals surface area contributed by atoms with Crippen molar-refractivity contribution in [1.82, 2.24) is 0 Å². The lowest BCUT2D eigenvalue weighted by Crippen LogP contribution is -2.23. The first-order valence-corrected chi connectivity index (χ1v) is 7.51. The Labute approximate surface area is 134 Å². The molecule has 0 aromatic heterocycles. The minimum Gasteiger partial charge on any atom is -0.455 e. The van der Waals surface area contributed by atoms with E-state index in [1.165, 1.54) is 0 Å². The van der Waals surface area contributed by atoms with E-state index in [2.05, 4.69) is 5.32 Å². The highest BCUT2D eigenvalue weighted by atomic mass is 35.5. The monoisotopic (exact) mass is 317 g/mol. The number of carbonyl (C=O) groups excluding carboxylic acids is 1. The number of benzene rings is 2. The fourth-order valence-electron chi connectivity index (χ4n) is 2.26. The largest absolute Gasteiger partial charge is 0.455 e. The Bertz CT molecular complexity index is 651. The molecule has 3 rings (SSSR count). The predicted molar refractivity (Wildman–Crippen MR) is 85.5 cm³/mol. The van der Waals surface area contributed by atoms with Crippen LogP contribution in [0.2, 0.25) is 5.02 Å². The Balaban J connectivity index is 1.74. The number of amides is 1. The topological polar surface area (TPSA) is 47.6 Å². The fourth-order valence-corrected chi connectivity index (χ4v) is 2.39. The van der Waals surface area contributed by atoms with Crippen molar-refractivity contribution in [2.45, 2.75) is 6.42 Å². The van der Waals surface area contributed by atoms with Crippen molar-refractivity contribution in [3.05, 3.63) is 53.6 Å². The molecule has 2 aromatic rings. The molecule has 5 heteroatoms. The van der Waals surface area contributed by atoms with E-state index < -0.39 is 0 Å². The third kappa shape index (κ3) is 3.59. The Hall–Kier alpha value is -2.04. The molecular formula is C17H16ClNO3. The summed E-state index contributed by atoms with van der Waals surface area (Å²) in [5, 5.41) is 3.56. The Morgan fingerprint density at radius 1 is 1.18 bits per heavy atom. The van der Waals surface area contributed by atoms with Gasteiger partial charge in [-0.25, -0.2) is 0 Å². The zero-order chi connectivity index (χ0) is 15.4. The van der Waals surface area contributed by atoms with Crippen molar-refractivity contribution in [2.24, 2.45) is 5.92 Å². The van der Waals surface area contributed by atoms with Crippen LogP contribution in [0.1, 0.15) is 6.42 Å². The lowest BCUT2D eigenvalue weighted by Gasteiger charge is -2.14. The minimum atomic E-state index is -0.0939. The van der Waals surface area contributed by atoms with E-state index in [1.54, 1.807) is 24.3 Å². The Kier molecular flexibility index (Phi) is 4.61. The summed E-state index contributed by atoms with van der Waals surface area (Å²) in [6.45, 7) is 1.12. The number of hydrogen-bond acceptors (Lipinski definition) is 3. The zero-order valence-corrected chi connectivity index (χ0v) is 12.7. The first-order chi connectivity index (χ1) is 10.7. The van der Waals surface area contributed by atoms with Gasteiger partial charge in [0.05, 0.1) is 18.2 Å². The first kappa shape index (κ1) is 14.9. The zero-order valence-electron chi connectivity index (χ0n) is 11.9. The molecule has 0 saturated carbocycles. The summed E-state index contributed by atoms with van der Waals surface area (Å²) in [7, 11) is 0. The second kappa shape index (κ2) is 6.81. The van der Waals surface area contributed by atoms with E-state index in [1.807, 2.05) is 24.3 Å². The number of hydrogen-bond donors (Lipinski definition) is 1. The number of anilines is 1. The smallest absolute Gasteiger partial charge is 0.230 e. The van der Waals surface area contributed by atoms with Crippen molar-refractivity contribution in [3.63, 3.8) is 0 Å². The van der Waals surface area contributed by atoms with E-state index in [4.69, 9.17) is 21.1 Å². The number of rotatable bonds is 4. The lowest BCUT2D eigenvalue weighted by atomic mass is 10.1. The van der Waals surface area contributed by atoms with Crippen molar-refractivity contribution >= 4 is 23.2 Å². The van der Waals surface area contributed by atoms with Gasteiger partial charge in [-0.15, -0.1) is 0 Å². The van der Waals surface area contributed by atoms with Gasteiger partial charge in [-0.05, 0) is 42.8 Å². The molecule has 1 heterocycles. The maximum Gasteiger partial charge on any atom is 0.230 e. The molecule has 22 heavy (non-hydrogen) atoms. The van der Waals surface area contributed by atoms with Crippen LogP contribution in [0.15, 0.2) is 48.5 Å². The van der Waals surface area contributed by atoms with E-state index in [0.717, 1.165) is 6.42 Å². The van der Waals surface area contributed by atoms with Gasteiger partial charge in [0.15, 0.2) is 5.75 Å². The maximum atomic E-state index is 12.2. The van der Waals surface area contributed by atoms with Gasteiger partial charge in [0, 0.05) is 11.6 Å². The molecule has 0 aliphatic carbocycles. The molecule has 4 nitrogen and oxygen atoms in total. The van der Waals surface area contributed by atoms with Crippen molar-refractivity contribution in [3.8, 4) is 11.5 Å². The fraction of sp³-hybridized carbons (Fsp3) is 0.235. The first-order valence-electron chi connectivity index (χ1n) is 7.13. The molecule has 1 N–H and O–H groups in total. The average molecular weight is 318 g/mol. The van der Waals surface area contributed by atoms with Crippen molar-refractivity contribution in [1.29, 1.82) is 0 Å². The lowest BCUT2D eigenvalue weighted by molar-refractivity contribution is -0.119. The number of ether oxygens (including phenoxy) is 2. The van der Waals surface area contributed by atoms with Crippen LogP contribution in [0.4, 0.5) is 5.69 Å². The SMILES string of the molecule is O=C(Nc1ccccc1Oc1ccc(Cl)cc1)C1CCOC1. The van der Waals surface area contributed by atoms with Crippen LogP contribution in [0.25, 0.3) is 0 Å². The van der Waals surface area contributed by atoms with Gasteiger partial charge in [0.2, 0.25) is 5.91 Å². The normalized spacial score (nSPS) is 17.2. The predicted octanol–water partition coefficient (Wildman–Crippen LogP) is 4.11. The summed E-state index contributed by atoms with van der Waals surface area (Å²) < 4.78 is 11.1. The Morgan fingerprint density at radius 2 is 1.95 bits per heavy atom. The molecule has 1 fully saturated rings. The molecular weight excluding hydrogens is 302 g/mol. The summed E-state index contributed by atoms with van der Waals surface area (Å²) in [4.78, 5) is 12.2. The van der Waals surface area contributed by atoms with Gasteiger partial charge in [-0.3, -0.25) is 4.79 Å². The van der Waals surface area contributed by atoms with E-state index in [-0.39, 0.29) is 11.8 Å². The standard InChI is InChI=1S/C17H16ClNO3/c18-13-5-7-14(8-6-13)22-16-4-2-1-3-15(16)19-17(20)12-9-10-21-11-12/h1-8,12H,9-11H2,(H,19,20). The van der Waals surface area contributed by atoms with E-state index >= 15 is 0 Å². The summed E-state index contributed by atoms with van der Waals surface area (Å²) in [5.74, 6) is 1.13. The van der Waals surface area contributed by atoms with Crippen molar-refractivity contribution < 1.29 is 14.3 Å². The van der Waals surface area contributed by atoms with Crippen LogP contribution in [0.3, 0.4) is 0 Å². The van der Waals surface area contributed by atoms with Crippen LogP contribution in [0, 0.1) is 5.92 Å². The maximum absolute atomic E-state index is 12.2. The number of nitrogens with one attached hydrogen (secondary N) is 1. The Morgan fingerprint density at radius 3 is 2.68 bits per heavy atom. The van der Waals surface area contributed by atoms with Crippen LogP contribution in [0.5, 0.6) is 11.5 Å². The highest BCUT2D eigenvalue weighted by molar-refractivity contribution is 6.30. The molecule has 0 radical (unpaired) electrons. The van der Waals surface area contributed by atoms with Crippen LogP contribution in [-0.4, -0.2) is 19.1 Å². The third-order valence-electron chi connectivity index (χ3n) is 3.49. The summed E-state index contributed by atoms with van der Waals surface area (Å²) >= 11 is 5.86. The van der Waals surface area contributed by atoms with Gasteiger partial charge in [0.1, 0.15) is 5.75 Å². The number of para-hydroxylation sites is 2. The number of carbonyl (C=O) groups is 1. The van der Waals surface area contributed by atoms with Crippen LogP contribution in [-0.2, 0) is 9.53 Å². The highest BCUT2D eigenvalue weighted by Gasteiger charge is 2.24. The molecule has 2 aromatic carbocycles. The van der Waals surface area contributed by atoms with Gasteiger partial charge in [-0.1, -0.05) is 23.7 Å². The summed E-state index contributed by atoms with van der Waals surface area (Å²) in [6, 6.07) is 14.4. The second-order valence-corrected chi connectivity index (χ2v) is 5.54. The van der Waals surface area contributed by atoms with Gasteiger partial charge in [-0.2, -0.15) is 0 Å². The quantitative estimate of drug-likeness (QED) is 0.923. The van der Waals surface area contributed by atoms with Crippen molar-refractivity contribution in [2.75, 3.05) is 18.5 Å². The molecule has 1 amide bonds. The minimum absolute atomic E-state index is 0.0374. The molecule has 0 bridgehead atoms. The second-order valence-electron chi connectivity index (χ2n) is 5.10. The summed E-state index contributed by atoms with van der Waals surface area (Å²) in [5.41, 5.74) is 0.648. The summed E-state index contributed by atoms with van der Waals surface area (Å²) in [6.07, 6.45) is 0.756. The molecule has 1 aliphatic heterocycles. The van der Waals surface area contributed by atoms with E-state index in [0.29, 0.717) is 35.4 Å². The average Bonchev–Trinajstić information content (AvgIpc) is 3.06. The van der Waals surface area contributed by atoms with E-state index in [9.17, 15) is 4.79 Å². The van der Waals surface area contributed by atoms with Gasteiger partial charge in [0.25, 0.3) is 0 Å². The number of halogens is 1. The third-order valence-corrected chi connectivity index (χ3v) is 3.74. The molecule has 114 valence electrons. The molecule has 1 atom stereocenters. The van der Waals surface area contributed by atoms with Gasteiger partial charge >= 0.3 is 0 Å². The van der Waals surface area contributed by atoms with Crippen LogP contribution >= 0.6 is 11.6 Å². The molecule has 1 saturated heterocycles. The molecule has 1 unspecified atom stereocenters. The van der Waals surface area contributed by atoms with Gasteiger partial charge < -0.3 is 14.8 Å². The highest BCUT2D eigenvalue weighted by Crippen LogP contribution is 2.30. The van der Waals surface area contributed by atoms with Crippen LogP contribution < -0.4 is 10.1 Å². The molecule has 0 spiro atoms. The molecule has 1 aliphatic rings.